The van der Waals surface area contributed by atoms with Crippen molar-refractivity contribution in [3.8, 4) is 0 Å². The van der Waals surface area contributed by atoms with E-state index in [0.29, 0.717) is 0 Å². The van der Waals surface area contributed by atoms with Gasteiger partial charge in [0.05, 0.1) is 27.3 Å². The Morgan fingerprint density at radius 2 is 1.67 bits per heavy atom. The third-order valence-corrected chi connectivity index (χ3v) is 1.78. The molecule has 1 heteroatoms. The lowest BCUT2D eigenvalue weighted by molar-refractivity contribution is -0.817. The minimum absolute atomic E-state index is 0.938. The summed E-state index contributed by atoms with van der Waals surface area (Å²) < 4.78 is 0.938. The van der Waals surface area contributed by atoms with Crippen LogP contribution in [-0.4, -0.2) is 25.6 Å². The van der Waals surface area contributed by atoms with Gasteiger partial charge in [0, 0.05) is 0 Å². The first-order valence-corrected chi connectivity index (χ1v) is 5.05. The second-order valence-corrected chi connectivity index (χ2v) is 4.35. The van der Waals surface area contributed by atoms with Crippen molar-refractivity contribution in [2.75, 3.05) is 21.1 Å². The zero-order chi connectivity index (χ0) is 9.45. The summed E-state index contributed by atoms with van der Waals surface area (Å²) in [6.07, 6.45) is 11.3. The molecule has 12 heavy (non-hydrogen) atoms. The standard InChI is InChI=1S/C11H24N/c1-5-6-7-8-9-10-11-12(2,3)4/h10-11H,5-9H2,1-4H3/q+1/b11-10+. The van der Waals surface area contributed by atoms with E-state index in [1.54, 1.807) is 0 Å². The van der Waals surface area contributed by atoms with E-state index in [9.17, 15) is 0 Å². The van der Waals surface area contributed by atoms with E-state index in [2.05, 4.69) is 40.3 Å². The molecule has 0 bridgehead atoms. The van der Waals surface area contributed by atoms with E-state index in [1.807, 2.05) is 0 Å². The summed E-state index contributed by atoms with van der Waals surface area (Å²) in [5, 5.41) is 0. The van der Waals surface area contributed by atoms with E-state index in [-0.39, 0.29) is 0 Å². The molecule has 0 aliphatic carbocycles. The van der Waals surface area contributed by atoms with Crippen LogP contribution in [0.2, 0.25) is 0 Å². The Bertz CT molecular complexity index is 119. The predicted molar refractivity (Wildman–Crippen MR) is 55.9 cm³/mol. The molecule has 0 N–H and O–H groups in total. The van der Waals surface area contributed by atoms with Crippen molar-refractivity contribution in [1.29, 1.82) is 0 Å². The molecule has 0 unspecified atom stereocenters. The van der Waals surface area contributed by atoms with Crippen molar-refractivity contribution in [2.24, 2.45) is 0 Å². The maximum Gasteiger partial charge on any atom is 0.0911 e. The van der Waals surface area contributed by atoms with Crippen LogP contribution in [0.25, 0.3) is 0 Å². The summed E-state index contributed by atoms with van der Waals surface area (Å²) in [6, 6.07) is 0. The summed E-state index contributed by atoms with van der Waals surface area (Å²) in [6.45, 7) is 2.25. The first-order valence-electron chi connectivity index (χ1n) is 5.05. The second-order valence-electron chi connectivity index (χ2n) is 4.35. The fourth-order valence-corrected chi connectivity index (χ4v) is 1.08. The number of unbranched alkanes of at least 4 members (excludes halogenated alkanes) is 4. The summed E-state index contributed by atoms with van der Waals surface area (Å²) >= 11 is 0. The molecule has 0 aromatic rings. The topological polar surface area (TPSA) is 0 Å². The van der Waals surface area contributed by atoms with Crippen molar-refractivity contribution < 1.29 is 4.48 Å². The maximum atomic E-state index is 2.30. The Morgan fingerprint density at radius 3 is 2.17 bits per heavy atom. The number of rotatable bonds is 6. The minimum Gasteiger partial charge on any atom is -0.305 e. The quantitative estimate of drug-likeness (QED) is 0.424. The second kappa shape index (κ2) is 6.24. The predicted octanol–water partition coefficient (Wildman–Crippen LogP) is 3.18. The maximum absolute atomic E-state index is 2.30. The fourth-order valence-electron chi connectivity index (χ4n) is 1.08. The summed E-state index contributed by atoms with van der Waals surface area (Å²) in [7, 11) is 6.55. The van der Waals surface area contributed by atoms with E-state index >= 15 is 0 Å². The molecule has 0 aromatic carbocycles. The van der Waals surface area contributed by atoms with Crippen molar-refractivity contribution in [3.63, 3.8) is 0 Å². The van der Waals surface area contributed by atoms with Gasteiger partial charge in [0.1, 0.15) is 0 Å². The Kier molecular flexibility index (Phi) is 6.09. The zero-order valence-electron chi connectivity index (χ0n) is 9.14. The highest BCUT2D eigenvalue weighted by atomic mass is 15.3. The van der Waals surface area contributed by atoms with Crippen molar-refractivity contribution in [2.45, 2.75) is 39.0 Å². The van der Waals surface area contributed by atoms with Crippen LogP contribution in [0.1, 0.15) is 39.0 Å². The molecule has 0 aromatic heterocycles. The average molecular weight is 170 g/mol. The Hall–Kier alpha value is -0.300. The molecular formula is C11H24N+. The van der Waals surface area contributed by atoms with Crippen molar-refractivity contribution in [3.05, 3.63) is 12.3 Å². The lowest BCUT2D eigenvalue weighted by atomic mass is 10.1. The molecule has 1 nitrogen and oxygen atoms in total. The normalized spacial score (nSPS) is 12.7. The van der Waals surface area contributed by atoms with Crippen LogP contribution in [0, 0.1) is 0 Å². The van der Waals surface area contributed by atoms with Gasteiger partial charge < -0.3 is 4.48 Å². The molecule has 72 valence electrons. The van der Waals surface area contributed by atoms with E-state index in [0.717, 1.165) is 4.48 Å². The molecule has 0 saturated carbocycles. The van der Waals surface area contributed by atoms with Gasteiger partial charge in [0.15, 0.2) is 0 Å². The van der Waals surface area contributed by atoms with Crippen molar-refractivity contribution >= 4 is 0 Å². The molecule has 0 radical (unpaired) electrons. The van der Waals surface area contributed by atoms with Gasteiger partial charge in [-0.25, -0.2) is 0 Å². The van der Waals surface area contributed by atoms with E-state index in [4.69, 9.17) is 0 Å². The molecule has 0 spiro atoms. The molecule has 0 aliphatic heterocycles. The van der Waals surface area contributed by atoms with Gasteiger partial charge in [-0.1, -0.05) is 26.2 Å². The molecular weight excluding hydrogens is 146 g/mol. The molecule has 0 fully saturated rings. The highest BCUT2D eigenvalue weighted by Crippen LogP contribution is 2.03. The summed E-state index contributed by atoms with van der Waals surface area (Å²) in [4.78, 5) is 0. The van der Waals surface area contributed by atoms with Crippen LogP contribution >= 0.6 is 0 Å². The summed E-state index contributed by atoms with van der Waals surface area (Å²) in [5.74, 6) is 0. The number of quaternary nitrogens is 1. The minimum atomic E-state index is 0.938. The molecule has 0 atom stereocenters. The highest BCUT2D eigenvalue weighted by molar-refractivity contribution is 4.72. The van der Waals surface area contributed by atoms with Gasteiger partial charge >= 0.3 is 0 Å². The van der Waals surface area contributed by atoms with E-state index in [1.165, 1.54) is 32.1 Å². The number of hydrogen-bond acceptors (Lipinski definition) is 0. The largest absolute Gasteiger partial charge is 0.305 e. The first kappa shape index (κ1) is 11.7. The van der Waals surface area contributed by atoms with Gasteiger partial charge in [0.2, 0.25) is 0 Å². The first-order chi connectivity index (χ1) is 5.56. The van der Waals surface area contributed by atoms with Crippen LogP contribution in [0.4, 0.5) is 0 Å². The molecule has 0 rings (SSSR count). The number of hydrogen-bond donors (Lipinski definition) is 0. The Balaban J connectivity index is 3.25. The van der Waals surface area contributed by atoms with Crippen LogP contribution in [0.5, 0.6) is 0 Å². The van der Waals surface area contributed by atoms with Crippen LogP contribution in [-0.2, 0) is 0 Å². The third-order valence-electron chi connectivity index (χ3n) is 1.78. The molecule has 0 saturated heterocycles. The highest BCUT2D eigenvalue weighted by Gasteiger charge is 1.97. The fraction of sp³-hybridized carbons (Fsp3) is 0.818. The Morgan fingerprint density at radius 1 is 1.00 bits per heavy atom. The van der Waals surface area contributed by atoms with Gasteiger partial charge in [-0.3, -0.25) is 0 Å². The SMILES string of the molecule is CCCCCC/C=C/[N+](C)(C)C. The number of allylic oxidation sites excluding steroid dienone is 1. The van der Waals surface area contributed by atoms with Gasteiger partial charge in [-0.05, 0) is 18.9 Å². The molecule has 0 aliphatic rings. The van der Waals surface area contributed by atoms with Gasteiger partial charge in [-0.2, -0.15) is 0 Å². The number of nitrogens with zero attached hydrogens (tertiary/aromatic N) is 1. The monoisotopic (exact) mass is 170 g/mol. The Labute approximate surface area is 77.7 Å². The lowest BCUT2D eigenvalue weighted by Gasteiger charge is -2.17. The van der Waals surface area contributed by atoms with Crippen LogP contribution in [0.3, 0.4) is 0 Å². The molecule has 0 amide bonds. The summed E-state index contributed by atoms with van der Waals surface area (Å²) in [5.41, 5.74) is 0. The lowest BCUT2D eigenvalue weighted by Crippen LogP contribution is -2.26. The smallest absolute Gasteiger partial charge is 0.0911 e. The van der Waals surface area contributed by atoms with Crippen LogP contribution < -0.4 is 0 Å². The van der Waals surface area contributed by atoms with Crippen molar-refractivity contribution in [1.82, 2.24) is 0 Å². The third kappa shape index (κ3) is 9.70. The zero-order valence-corrected chi connectivity index (χ0v) is 9.14. The van der Waals surface area contributed by atoms with Gasteiger partial charge in [0.25, 0.3) is 0 Å². The molecule has 0 heterocycles. The van der Waals surface area contributed by atoms with Crippen LogP contribution in [0.15, 0.2) is 12.3 Å². The van der Waals surface area contributed by atoms with Gasteiger partial charge in [-0.15, -0.1) is 0 Å². The van der Waals surface area contributed by atoms with E-state index < -0.39 is 0 Å². The average Bonchev–Trinajstić information content (AvgIpc) is 1.94.